The van der Waals surface area contributed by atoms with E-state index in [-0.39, 0.29) is 0 Å². The van der Waals surface area contributed by atoms with Crippen LogP contribution in [0.5, 0.6) is 0 Å². The predicted octanol–water partition coefficient (Wildman–Crippen LogP) is 3.50. The molecule has 6 nitrogen and oxygen atoms in total. The summed E-state index contributed by atoms with van der Waals surface area (Å²) < 4.78 is 2.24. The zero-order valence-electron chi connectivity index (χ0n) is 14.8. The van der Waals surface area contributed by atoms with E-state index in [4.69, 9.17) is 0 Å². The summed E-state index contributed by atoms with van der Waals surface area (Å²) in [5.74, 6) is 0.862. The third-order valence-corrected chi connectivity index (χ3v) is 4.70. The fourth-order valence-corrected chi connectivity index (χ4v) is 3.15. The molecular weight excluding hydrogens is 324 g/mol. The molecule has 0 atom stereocenters. The van der Waals surface area contributed by atoms with Gasteiger partial charge in [0.05, 0.1) is 5.39 Å². The third kappa shape index (κ3) is 3.01. The van der Waals surface area contributed by atoms with Gasteiger partial charge in [-0.2, -0.15) is 0 Å². The van der Waals surface area contributed by atoms with Crippen LogP contribution in [0.25, 0.3) is 11.0 Å². The highest BCUT2D eigenvalue weighted by atomic mass is 15.1. The topological polar surface area (TPSA) is 68.5 Å². The molecule has 26 heavy (non-hydrogen) atoms. The molecule has 1 N–H and O–H groups in total. The summed E-state index contributed by atoms with van der Waals surface area (Å²) in [4.78, 5) is 17.2. The van der Waals surface area contributed by atoms with Crippen molar-refractivity contribution >= 4 is 16.9 Å². The van der Waals surface area contributed by atoms with Crippen LogP contribution in [0.4, 0.5) is 5.82 Å². The second-order valence-electron chi connectivity index (χ2n) is 6.28. The number of pyridine rings is 2. The first-order valence-corrected chi connectivity index (χ1v) is 8.56. The van der Waals surface area contributed by atoms with Gasteiger partial charge in [-0.25, -0.2) is 9.97 Å². The second-order valence-corrected chi connectivity index (χ2v) is 6.28. The van der Waals surface area contributed by atoms with E-state index in [9.17, 15) is 0 Å². The Bertz CT molecular complexity index is 1020. The predicted molar refractivity (Wildman–Crippen MR) is 102 cm³/mol. The van der Waals surface area contributed by atoms with Gasteiger partial charge in [-0.05, 0) is 54.8 Å². The number of nitrogens with zero attached hydrogens (tertiary/aromatic N) is 5. The van der Waals surface area contributed by atoms with Crippen molar-refractivity contribution in [2.75, 3.05) is 5.32 Å². The molecule has 0 aliphatic carbocycles. The first-order chi connectivity index (χ1) is 12.7. The number of aromatic nitrogens is 5. The Morgan fingerprint density at radius 3 is 2.23 bits per heavy atom. The van der Waals surface area contributed by atoms with Gasteiger partial charge in [0.2, 0.25) is 0 Å². The molecule has 0 aliphatic rings. The third-order valence-electron chi connectivity index (χ3n) is 4.70. The van der Waals surface area contributed by atoms with Crippen molar-refractivity contribution in [2.24, 2.45) is 0 Å². The van der Waals surface area contributed by atoms with Crippen molar-refractivity contribution in [3.63, 3.8) is 0 Å². The molecule has 0 spiro atoms. The number of hydrogen-bond acceptors (Lipinski definition) is 5. The molecule has 0 fully saturated rings. The molecule has 4 heterocycles. The zero-order chi connectivity index (χ0) is 17.9. The molecule has 4 aromatic rings. The molecular formula is C20H20N6. The summed E-state index contributed by atoms with van der Waals surface area (Å²) in [5.41, 5.74) is 5.71. The van der Waals surface area contributed by atoms with E-state index < -0.39 is 0 Å². The normalized spacial score (nSPS) is 11.0. The average molecular weight is 344 g/mol. The van der Waals surface area contributed by atoms with Crippen molar-refractivity contribution in [2.45, 2.75) is 26.9 Å². The smallest absolute Gasteiger partial charge is 0.146 e. The summed E-state index contributed by atoms with van der Waals surface area (Å²) in [6, 6.07) is 8.06. The molecule has 4 aromatic heterocycles. The monoisotopic (exact) mass is 344 g/mol. The van der Waals surface area contributed by atoms with Crippen molar-refractivity contribution in [1.29, 1.82) is 0 Å². The van der Waals surface area contributed by atoms with Crippen LogP contribution in [0.1, 0.15) is 22.4 Å². The zero-order valence-corrected chi connectivity index (χ0v) is 14.8. The van der Waals surface area contributed by atoms with Crippen LogP contribution in [0.3, 0.4) is 0 Å². The van der Waals surface area contributed by atoms with Crippen LogP contribution in [0, 0.1) is 13.8 Å². The van der Waals surface area contributed by atoms with Gasteiger partial charge in [-0.15, -0.1) is 0 Å². The van der Waals surface area contributed by atoms with E-state index in [0.29, 0.717) is 6.54 Å². The van der Waals surface area contributed by atoms with Crippen LogP contribution in [0.15, 0.2) is 55.4 Å². The maximum atomic E-state index is 4.56. The number of fused-ring (bicyclic) bond motifs is 1. The first-order valence-electron chi connectivity index (χ1n) is 8.56. The molecule has 0 saturated carbocycles. The molecule has 0 bridgehead atoms. The van der Waals surface area contributed by atoms with E-state index in [0.717, 1.165) is 29.0 Å². The van der Waals surface area contributed by atoms with E-state index in [1.54, 1.807) is 18.7 Å². The van der Waals surface area contributed by atoms with Crippen LogP contribution in [-0.4, -0.2) is 24.5 Å². The molecule has 0 amide bonds. The van der Waals surface area contributed by atoms with Gasteiger partial charge in [0.15, 0.2) is 0 Å². The molecule has 4 rings (SSSR count). The van der Waals surface area contributed by atoms with E-state index >= 15 is 0 Å². The fourth-order valence-electron chi connectivity index (χ4n) is 3.15. The highest BCUT2D eigenvalue weighted by Crippen LogP contribution is 2.29. The van der Waals surface area contributed by atoms with Crippen LogP contribution >= 0.6 is 0 Å². The molecule has 0 aromatic carbocycles. The Labute approximate surface area is 152 Å². The lowest BCUT2D eigenvalue weighted by Crippen LogP contribution is -2.05. The van der Waals surface area contributed by atoms with Crippen LogP contribution in [0.2, 0.25) is 0 Å². The van der Waals surface area contributed by atoms with Gasteiger partial charge in [-0.3, -0.25) is 9.97 Å². The fraction of sp³-hybridized carbons (Fsp3) is 0.200. The number of nitrogens with one attached hydrogen (secondary N) is 1. The Morgan fingerprint density at radius 2 is 1.54 bits per heavy atom. The van der Waals surface area contributed by atoms with E-state index in [1.165, 1.54) is 16.8 Å². The van der Waals surface area contributed by atoms with E-state index in [1.807, 2.05) is 36.7 Å². The number of hydrogen-bond donors (Lipinski definition) is 1. The summed E-state index contributed by atoms with van der Waals surface area (Å²) in [7, 11) is 0. The minimum atomic E-state index is 0.697. The van der Waals surface area contributed by atoms with Gasteiger partial charge < -0.3 is 9.88 Å². The van der Waals surface area contributed by atoms with Crippen molar-refractivity contribution in [3.8, 4) is 0 Å². The van der Waals surface area contributed by atoms with Crippen molar-refractivity contribution in [1.82, 2.24) is 24.5 Å². The SMILES string of the molecule is Cc1c(C)n(Cc2ccncc2)c2ncnc(NCc3ccncc3)c12. The van der Waals surface area contributed by atoms with Gasteiger partial charge in [0, 0.05) is 43.6 Å². The molecule has 6 heteroatoms. The first kappa shape index (κ1) is 16.2. The van der Waals surface area contributed by atoms with Crippen molar-refractivity contribution in [3.05, 3.63) is 77.8 Å². The Kier molecular flexibility index (Phi) is 4.31. The largest absolute Gasteiger partial charge is 0.365 e. The number of rotatable bonds is 5. The van der Waals surface area contributed by atoms with Gasteiger partial charge in [-0.1, -0.05) is 0 Å². The standard InChI is InChI=1S/C20H20N6/c1-14-15(2)26(12-17-5-9-22-10-6-17)20-18(14)19(24-13-25-20)23-11-16-3-7-21-8-4-16/h3-10,13H,11-12H2,1-2H3,(H,23,24,25). The highest BCUT2D eigenvalue weighted by Gasteiger charge is 2.16. The van der Waals surface area contributed by atoms with E-state index in [2.05, 4.69) is 43.7 Å². The minimum absolute atomic E-state index is 0.697. The number of aryl methyl sites for hydroxylation is 1. The lowest BCUT2D eigenvalue weighted by atomic mass is 10.2. The summed E-state index contributed by atoms with van der Waals surface area (Å²) in [5, 5.41) is 4.52. The molecule has 0 radical (unpaired) electrons. The highest BCUT2D eigenvalue weighted by molar-refractivity contribution is 5.91. The van der Waals surface area contributed by atoms with Gasteiger partial charge >= 0.3 is 0 Å². The summed E-state index contributed by atoms with van der Waals surface area (Å²) in [6.45, 7) is 5.72. The Hall–Kier alpha value is -3.28. The summed E-state index contributed by atoms with van der Waals surface area (Å²) >= 11 is 0. The molecule has 0 unspecified atom stereocenters. The molecule has 0 saturated heterocycles. The van der Waals surface area contributed by atoms with Crippen LogP contribution < -0.4 is 5.32 Å². The maximum absolute atomic E-state index is 4.56. The maximum Gasteiger partial charge on any atom is 0.146 e. The number of anilines is 1. The Balaban J connectivity index is 1.71. The lowest BCUT2D eigenvalue weighted by Gasteiger charge is -2.09. The Morgan fingerprint density at radius 1 is 0.885 bits per heavy atom. The average Bonchev–Trinajstić information content (AvgIpc) is 2.93. The van der Waals surface area contributed by atoms with Gasteiger partial charge in [0.1, 0.15) is 17.8 Å². The van der Waals surface area contributed by atoms with Crippen molar-refractivity contribution < 1.29 is 0 Å². The van der Waals surface area contributed by atoms with Crippen LogP contribution in [-0.2, 0) is 13.1 Å². The second kappa shape index (κ2) is 6.92. The summed E-state index contributed by atoms with van der Waals surface area (Å²) in [6.07, 6.45) is 8.86. The van der Waals surface area contributed by atoms with Gasteiger partial charge in [0.25, 0.3) is 0 Å². The minimum Gasteiger partial charge on any atom is -0.365 e. The molecule has 130 valence electrons. The molecule has 0 aliphatic heterocycles. The lowest BCUT2D eigenvalue weighted by molar-refractivity contribution is 0.788. The quantitative estimate of drug-likeness (QED) is 0.600.